The summed E-state index contributed by atoms with van der Waals surface area (Å²) in [6, 6.07) is 7.71. The average molecular weight is 323 g/mol. The van der Waals surface area contributed by atoms with E-state index < -0.39 is 0 Å². The van der Waals surface area contributed by atoms with Gasteiger partial charge in [-0.2, -0.15) is 0 Å². The first-order valence-electron chi connectivity index (χ1n) is 8.11. The molecule has 1 rings (SSSR count). The molecule has 3 N–H and O–H groups in total. The quantitative estimate of drug-likeness (QED) is 0.483. The molecule has 0 spiro atoms. The van der Waals surface area contributed by atoms with E-state index in [9.17, 15) is 5.11 Å². The number of unbranched alkanes of at least 4 members (excludes halogenated alkanes) is 9. The molecule has 0 unspecified atom stereocenters. The first-order valence-corrected chi connectivity index (χ1v) is 8.11. The zero-order valence-electron chi connectivity index (χ0n) is 13.0. The van der Waals surface area contributed by atoms with Crippen LogP contribution in [0.15, 0.2) is 24.3 Å². The van der Waals surface area contributed by atoms with E-state index in [0.717, 1.165) is 12.0 Å². The molecule has 0 saturated carbocycles. The summed E-state index contributed by atoms with van der Waals surface area (Å²) in [7, 11) is 0. The third kappa shape index (κ3) is 12.5. The molecular formula is C18H34CaO2. The second-order valence-electron chi connectivity index (χ2n) is 5.56. The Morgan fingerprint density at radius 3 is 1.76 bits per heavy atom. The van der Waals surface area contributed by atoms with Crippen molar-refractivity contribution in [2.75, 3.05) is 0 Å². The number of para-hydroxylation sites is 1. The number of aryl methyl sites for hydroxylation is 1. The summed E-state index contributed by atoms with van der Waals surface area (Å²) in [5.41, 5.74) is 1.10. The number of phenols is 1. The van der Waals surface area contributed by atoms with Gasteiger partial charge in [0, 0.05) is 0 Å². The molecule has 0 radical (unpaired) electrons. The van der Waals surface area contributed by atoms with E-state index in [4.69, 9.17) is 0 Å². The van der Waals surface area contributed by atoms with Crippen molar-refractivity contribution in [1.82, 2.24) is 0 Å². The Balaban J connectivity index is 0. The van der Waals surface area contributed by atoms with Gasteiger partial charge in [0.2, 0.25) is 0 Å². The van der Waals surface area contributed by atoms with Crippen LogP contribution in [-0.2, 0) is 6.42 Å². The second kappa shape index (κ2) is 16.6. The molecule has 2 nitrogen and oxygen atoms in total. The molecule has 0 aromatic heterocycles. The topological polar surface area (TPSA) is 51.7 Å². The first kappa shape index (κ1) is 23.5. The molecule has 1 aromatic carbocycles. The molecule has 0 aliphatic heterocycles. The van der Waals surface area contributed by atoms with Crippen molar-refractivity contribution in [1.29, 1.82) is 0 Å². The summed E-state index contributed by atoms with van der Waals surface area (Å²) < 4.78 is 0. The molecule has 0 bridgehead atoms. The minimum absolute atomic E-state index is 0. The zero-order chi connectivity index (χ0) is 13.8. The van der Waals surface area contributed by atoms with Gasteiger partial charge in [0.05, 0.1) is 0 Å². The summed E-state index contributed by atoms with van der Waals surface area (Å²) in [5.74, 6) is 0.457. The molecule has 0 atom stereocenters. The molecule has 0 aliphatic rings. The van der Waals surface area contributed by atoms with Gasteiger partial charge in [-0.15, -0.1) is 0 Å². The molecule has 120 valence electrons. The van der Waals surface area contributed by atoms with E-state index in [2.05, 4.69) is 6.92 Å². The van der Waals surface area contributed by atoms with E-state index in [-0.39, 0.29) is 43.2 Å². The fourth-order valence-electron chi connectivity index (χ4n) is 2.53. The van der Waals surface area contributed by atoms with Gasteiger partial charge in [0.25, 0.3) is 0 Å². The van der Waals surface area contributed by atoms with Crippen molar-refractivity contribution in [3.05, 3.63) is 29.8 Å². The van der Waals surface area contributed by atoms with Gasteiger partial charge in [0.15, 0.2) is 0 Å². The SMILES string of the molecule is CCCCCCCCCCCCc1ccccc1O.O.[CaH2]. The van der Waals surface area contributed by atoms with Gasteiger partial charge in [-0.1, -0.05) is 82.9 Å². The van der Waals surface area contributed by atoms with Crippen LogP contribution in [0.2, 0.25) is 0 Å². The van der Waals surface area contributed by atoms with Gasteiger partial charge >= 0.3 is 37.7 Å². The van der Waals surface area contributed by atoms with E-state index in [1.807, 2.05) is 18.2 Å². The average Bonchev–Trinajstić information content (AvgIpc) is 2.43. The molecule has 21 heavy (non-hydrogen) atoms. The van der Waals surface area contributed by atoms with E-state index in [1.165, 1.54) is 64.2 Å². The summed E-state index contributed by atoms with van der Waals surface area (Å²) >= 11 is 0. The van der Waals surface area contributed by atoms with Crippen LogP contribution in [0.3, 0.4) is 0 Å². The third-order valence-electron chi connectivity index (χ3n) is 3.79. The van der Waals surface area contributed by atoms with Crippen LogP contribution in [0.5, 0.6) is 5.75 Å². The summed E-state index contributed by atoms with van der Waals surface area (Å²) in [6.07, 6.45) is 14.6. The number of aromatic hydroxyl groups is 1. The first-order chi connectivity index (χ1) is 9.34. The van der Waals surface area contributed by atoms with E-state index in [0.29, 0.717) is 5.75 Å². The van der Waals surface area contributed by atoms with Crippen LogP contribution >= 0.6 is 0 Å². The van der Waals surface area contributed by atoms with Gasteiger partial charge in [-0.3, -0.25) is 0 Å². The number of hydrogen-bond acceptors (Lipinski definition) is 1. The van der Waals surface area contributed by atoms with Crippen molar-refractivity contribution in [3.63, 3.8) is 0 Å². The van der Waals surface area contributed by atoms with Crippen molar-refractivity contribution in [2.45, 2.75) is 77.6 Å². The van der Waals surface area contributed by atoms with Gasteiger partial charge in [-0.05, 0) is 24.5 Å². The maximum absolute atomic E-state index is 9.65. The van der Waals surface area contributed by atoms with Gasteiger partial charge in [0.1, 0.15) is 5.75 Å². The van der Waals surface area contributed by atoms with Crippen LogP contribution in [-0.4, -0.2) is 48.3 Å². The summed E-state index contributed by atoms with van der Waals surface area (Å²) in [4.78, 5) is 0. The molecule has 1 aromatic rings. The normalized spacial score (nSPS) is 9.76. The fraction of sp³-hybridized carbons (Fsp3) is 0.667. The Hall–Kier alpha value is 0.240. The van der Waals surface area contributed by atoms with Gasteiger partial charge in [-0.25, -0.2) is 0 Å². The van der Waals surface area contributed by atoms with Crippen molar-refractivity contribution in [2.24, 2.45) is 0 Å². The zero-order valence-corrected chi connectivity index (χ0v) is 13.0. The third-order valence-corrected chi connectivity index (χ3v) is 3.79. The second-order valence-corrected chi connectivity index (χ2v) is 5.56. The Bertz CT molecular complexity index is 329. The monoisotopic (exact) mass is 322 g/mol. The Labute approximate surface area is 160 Å². The van der Waals surface area contributed by atoms with Crippen molar-refractivity contribution in [3.8, 4) is 5.75 Å². The van der Waals surface area contributed by atoms with Gasteiger partial charge < -0.3 is 10.6 Å². The molecule has 0 aliphatic carbocycles. The van der Waals surface area contributed by atoms with Crippen molar-refractivity contribution < 1.29 is 10.6 Å². The van der Waals surface area contributed by atoms with Crippen molar-refractivity contribution >= 4 is 37.7 Å². The molecule has 0 fully saturated rings. The number of hydrogen-bond donors (Lipinski definition) is 1. The van der Waals surface area contributed by atoms with Crippen LogP contribution in [0, 0.1) is 0 Å². The minimum atomic E-state index is 0. The maximum atomic E-state index is 9.65. The van der Waals surface area contributed by atoms with Crippen LogP contribution in [0.4, 0.5) is 0 Å². The number of benzene rings is 1. The van der Waals surface area contributed by atoms with Crippen LogP contribution in [0.1, 0.15) is 76.7 Å². The molecule has 3 heteroatoms. The Kier molecular flexibility index (Phi) is 18.6. The predicted octanol–water partition coefficient (Wildman–Crippen LogP) is 4.11. The molecular weight excluding hydrogens is 288 g/mol. The summed E-state index contributed by atoms with van der Waals surface area (Å²) in [5, 5.41) is 9.65. The fourth-order valence-corrected chi connectivity index (χ4v) is 2.53. The molecule has 0 heterocycles. The van der Waals surface area contributed by atoms with E-state index >= 15 is 0 Å². The standard InChI is InChI=1S/C18H30O.Ca.H2O.2H/c1-2-3-4-5-6-7-8-9-10-11-14-17-15-12-13-16-18(17)19;;;;/h12-13,15-16,19H,2-11,14H2,1H3;;1H2;;. The van der Waals surface area contributed by atoms with Crippen LogP contribution < -0.4 is 0 Å². The summed E-state index contributed by atoms with van der Waals surface area (Å²) in [6.45, 7) is 2.27. The number of rotatable bonds is 11. The Morgan fingerprint density at radius 2 is 1.24 bits per heavy atom. The Morgan fingerprint density at radius 1 is 0.762 bits per heavy atom. The van der Waals surface area contributed by atoms with E-state index in [1.54, 1.807) is 6.07 Å². The predicted molar refractivity (Wildman–Crippen MR) is 95.8 cm³/mol. The molecule has 0 amide bonds. The number of phenolic OH excluding ortho intramolecular Hbond substituents is 1. The van der Waals surface area contributed by atoms with Crippen LogP contribution in [0.25, 0.3) is 0 Å². The molecule has 0 saturated heterocycles.